The molecular formula is C21H27N3O. The lowest BCUT2D eigenvalue weighted by atomic mass is 9.86. The number of nitrogens with zero attached hydrogens (tertiary/aromatic N) is 2. The van der Waals surface area contributed by atoms with E-state index in [0.717, 1.165) is 35.7 Å². The van der Waals surface area contributed by atoms with Gasteiger partial charge in [-0.25, -0.2) is 9.97 Å². The molecule has 0 saturated heterocycles. The van der Waals surface area contributed by atoms with Crippen LogP contribution in [-0.4, -0.2) is 22.4 Å². The Morgan fingerprint density at radius 3 is 2.48 bits per heavy atom. The number of nitrogens with one attached hydrogen (secondary N) is 1. The van der Waals surface area contributed by atoms with Crippen LogP contribution in [0.2, 0.25) is 0 Å². The minimum absolute atomic E-state index is 0.174. The molecule has 1 fully saturated rings. The van der Waals surface area contributed by atoms with Crippen molar-refractivity contribution in [3.63, 3.8) is 0 Å². The highest BCUT2D eigenvalue weighted by Gasteiger charge is 2.14. The highest BCUT2D eigenvalue weighted by Crippen LogP contribution is 2.27. The monoisotopic (exact) mass is 337 g/mol. The van der Waals surface area contributed by atoms with Crippen LogP contribution in [-0.2, 0) is 11.2 Å². The molecule has 1 N–H and O–H groups in total. The average molecular weight is 337 g/mol. The van der Waals surface area contributed by atoms with Crippen LogP contribution in [0.4, 0.5) is 0 Å². The van der Waals surface area contributed by atoms with Gasteiger partial charge in [-0.2, -0.15) is 0 Å². The van der Waals surface area contributed by atoms with Gasteiger partial charge in [-0.3, -0.25) is 4.79 Å². The Balaban J connectivity index is 1.37. The quantitative estimate of drug-likeness (QED) is 0.825. The lowest BCUT2D eigenvalue weighted by molar-refractivity contribution is -0.121. The summed E-state index contributed by atoms with van der Waals surface area (Å²) in [6.45, 7) is 0.650. The van der Waals surface area contributed by atoms with Crippen molar-refractivity contribution in [2.45, 2.75) is 51.4 Å². The van der Waals surface area contributed by atoms with E-state index in [1.54, 1.807) is 0 Å². The number of benzene rings is 1. The van der Waals surface area contributed by atoms with Gasteiger partial charge in [-0.1, -0.05) is 62.4 Å². The Labute approximate surface area is 150 Å². The summed E-state index contributed by atoms with van der Waals surface area (Å²) in [5, 5.41) is 3.02. The van der Waals surface area contributed by atoms with Crippen LogP contribution in [0.5, 0.6) is 0 Å². The molecule has 1 aliphatic rings. The highest BCUT2D eigenvalue weighted by atomic mass is 16.1. The van der Waals surface area contributed by atoms with Gasteiger partial charge in [0.2, 0.25) is 5.91 Å². The molecule has 0 aliphatic heterocycles. The summed E-state index contributed by atoms with van der Waals surface area (Å²) in [5.74, 6) is 1.67. The van der Waals surface area contributed by atoms with E-state index < -0.39 is 0 Å². The summed E-state index contributed by atoms with van der Waals surface area (Å²) in [7, 11) is 0. The number of carbonyl (C=O) groups is 1. The predicted molar refractivity (Wildman–Crippen MR) is 100.0 cm³/mol. The Bertz CT molecular complexity index is 649. The van der Waals surface area contributed by atoms with Crippen LogP contribution in [0.25, 0.3) is 11.4 Å². The molecule has 1 amide bonds. The second-order valence-electron chi connectivity index (χ2n) is 6.92. The summed E-state index contributed by atoms with van der Waals surface area (Å²) in [6.07, 6.45) is 12.8. The van der Waals surface area contributed by atoms with Gasteiger partial charge in [0.25, 0.3) is 0 Å². The van der Waals surface area contributed by atoms with Crippen LogP contribution >= 0.6 is 0 Å². The summed E-state index contributed by atoms with van der Waals surface area (Å²) >= 11 is 0. The zero-order chi connectivity index (χ0) is 17.3. The van der Waals surface area contributed by atoms with Crippen molar-refractivity contribution in [3.8, 4) is 11.4 Å². The molecule has 0 atom stereocenters. The van der Waals surface area contributed by atoms with Crippen LogP contribution < -0.4 is 5.32 Å². The molecule has 2 aromatic rings. The van der Waals surface area contributed by atoms with Crippen molar-refractivity contribution in [3.05, 3.63) is 48.3 Å². The van der Waals surface area contributed by atoms with Gasteiger partial charge in [0, 0.05) is 30.9 Å². The number of aromatic nitrogens is 2. The van der Waals surface area contributed by atoms with Crippen molar-refractivity contribution >= 4 is 5.91 Å². The Hall–Kier alpha value is -2.23. The summed E-state index contributed by atoms with van der Waals surface area (Å²) in [4.78, 5) is 20.8. The molecule has 25 heavy (non-hydrogen) atoms. The van der Waals surface area contributed by atoms with Gasteiger partial charge in [0.05, 0.1) is 0 Å². The molecule has 1 heterocycles. The van der Waals surface area contributed by atoms with E-state index in [0.29, 0.717) is 13.0 Å². The van der Waals surface area contributed by atoms with Crippen LogP contribution in [0.3, 0.4) is 0 Å². The van der Waals surface area contributed by atoms with E-state index in [4.69, 9.17) is 0 Å². The maximum atomic E-state index is 12.0. The molecule has 132 valence electrons. The minimum atomic E-state index is 0.174. The first-order valence-corrected chi connectivity index (χ1v) is 9.44. The van der Waals surface area contributed by atoms with Crippen molar-refractivity contribution < 1.29 is 4.79 Å². The summed E-state index contributed by atoms with van der Waals surface area (Å²) in [6, 6.07) is 9.95. The van der Waals surface area contributed by atoms with Crippen molar-refractivity contribution in [1.82, 2.24) is 15.3 Å². The van der Waals surface area contributed by atoms with E-state index in [1.807, 2.05) is 42.7 Å². The van der Waals surface area contributed by atoms with Crippen molar-refractivity contribution in [1.29, 1.82) is 0 Å². The molecular weight excluding hydrogens is 310 g/mol. The fraction of sp³-hybridized carbons (Fsp3) is 0.476. The normalized spacial score (nSPS) is 15.0. The number of rotatable bonds is 7. The SMILES string of the molecule is O=C(CCC1CCCCC1)NCCc1cnc(-c2ccccc2)nc1. The summed E-state index contributed by atoms with van der Waals surface area (Å²) in [5.41, 5.74) is 2.07. The van der Waals surface area contributed by atoms with E-state index in [9.17, 15) is 4.79 Å². The predicted octanol–water partition coefficient (Wildman–Crippen LogP) is 4.16. The van der Waals surface area contributed by atoms with E-state index in [1.165, 1.54) is 32.1 Å². The highest BCUT2D eigenvalue weighted by molar-refractivity contribution is 5.75. The second kappa shape index (κ2) is 9.30. The third-order valence-corrected chi connectivity index (χ3v) is 4.98. The molecule has 0 bridgehead atoms. The zero-order valence-corrected chi connectivity index (χ0v) is 14.8. The van der Waals surface area contributed by atoms with Crippen LogP contribution in [0.15, 0.2) is 42.7 Å². The first-order chi connectivity index (χ1) is 12.3. The maximum Gasteiger partial charge on any atom is 0.220 e. The van der Waals surface area contributed by atoms with E-state index in [2.05, 4.69) is 15.3 Å². The summed E-state index contributed by atoms with van der Waals surface area (Å²) < 4.78 is 0. The van der Waals surface area contributed by atoms with Gasteiger partial charge >= 0.3 is 0 Å². The van der Waals surface area contributed by atoms with E-state index >= 15 is 0 Å². The topological polar surface area (TPSA) is 54.9 Å². The second-order valence-corrected chi connectivity index (χ2v) is 6.92. The molecule has 1 aromatic carbocycles. The molecule has 3 rings (SSSR count). The van der Waals surface area contributed by atoms with Crippen LogP contribution in [0.1, 0.15) is 50.5 Å². The molecule has 0 radical (unpaired) electrons. The maximum absolute atomic E-state index is 12.0. The molecule has 4 heteroatoms. The number of hydrogen-bond donors (Lipinski definition) is 1. The van der Waals surface area contributed by atoms with E-state index in [-0.39, 0.29) is 5.91 Å². The third-order valence-electron chi connectivity index (χ3n) is 4.98. The lowest BCUT2D eigenvalue weighted by Gasteiger charge is -2.20. The standard InChI is InChI=1S/C21H27N3O/c25-20(12-11-17-7-3-1-4-8-17)22-14-13-18-15-23-21(24-16-18)19-9-5-2-6-10-19/h2,5-6,9-10,15-17H,1,3-4,7-8,11-14H2,(H,22,25). The fourth-order valence-electron chi connectivity index (χ4n) is 3.47. The minimum Gasteiger partial charge on any atom is -0.356 e. The molecule has 1 aromatic heterocycles. The lowest BCUT2D eigenvalue weighted by Crippen LogP contribution is -2.26. The van der Waals surface area contributed by atoms with Gasteiger partial charge in [0.15, 0.2) is 5.82 Å². The van der Waals surface area contributed by atoms with Gasteiger partial charge in [0.1, 0.15) is 0 Å². The smallest absolute Gasteiger partial charge is 0.220 e. The largest absolute Gasteiger partial charge is 0.356 e. The van der Waals surface area contributed by atoms with Gasteiger partial charge < -0.3 is 5.32 Å². The number of amides is 1. The van der Waals surface area contributed by atoms with Gasteiger partial charge in [-0.15, -0.1) is 0 Å². The fourth-order valence-corrected chi connectivity index (χ4v) is 3.47. The molecule has 0 spiro atoms. The Kier molecular flexibility index (Phi) is 6.55. The molecule has 0 unspecified atom stereocenters. The van der Waals surface area contributed by atoms with Crippen molar-refractivity contribution in [2.75, 3.05) is 6.54 Å². The third kappa shape index (κ3) is 5.66. The molecule has 1 aliphatic carbocycles. The van der Waals surface area contributed by atoms with Gasteiger partial charge in [-0.05, 0) is 24.3 Å². The number of hydrogen-bond acceptors (Lipinski definition) is 3. The Morgan fingerprint density at radius 1 is 1.04 bits per heavy atom. The Morgan fingerprint density at radius 2 is 1.76 bits per heavy atom. The molecule has 4 nitrogen and oxygen atoms in total. The first kappa shape index (κ1) is 17.6. The zero-order valence-electron chi connectivity index (χ0n) is 14.8. The average Bonchev–Trinajstić information content (AvgIpc) is 2.68. The molecule has 1 saturated carbocycles. The van der Waals surface area contributed by atoms with Crippen LogP contribution in [0, 0.1) is 5.92 Å². The first-order valence-electron chi connectivity index (χ1n) is 9.44. The van der Waals surface area contributed by atoms with Crippen molar-refractivity contribution in [2.24, 2.45) is 5.92 Å². The number of carbonyl (C=O) groups excluding carboxylic acids is 1.